The summed E-state index contributed by atoms with van der Waals surface area (Å²) >= 11 is 0. The zero-order valence-corrected chi connectivity index (χ0v) is 9.76. The van der Waals surface area contributed by atoms with Gasteiger partial charge in [-0.15, -0.1) is 0 Å². The van der Waals surface area contributed by atoms with Crippen LogP contribution in [-0.2, 0) is 0 Å². The molecule has 88 valence electrons. The fourth-order valence-corrected chi connectivity index (χ4v) is 2.18. The van der Waals surface area contributed by atoms with E-state index in [1.54, 1.807) is 6.20 Å². The molecule has 17 heavy (non-hydrogen) atoms. The Labute approximate surface area is 101 Å². The number of anilines is 1. The van der Waals surface area contributed by atoms with Crippen molar-refractivity contribution in [1.82, 2.24) is 15.0 Å². The van der Waals surface area contributed by atoms with E-state index in [0.717, 1.165) is 29.9 Å². The molecule has 1 aliphatic heterocycles. The van der Waals surface area contributed by atoms with Gasteiger partial charge in [-0.1, -0.05) is 18.6 Å². The molecule has 1 fully saturated rings. The van der Waals surface area contributed by atoms with E-state index in [1.165, 1.54) is 19.3 Å². The van der Waals surface area contributed by atoms with Crippen molar-refractivity contribution in [3.05, 3.63) is 30.5 Å². The van der Waals surface area contributed by atoms with E-state index in [1.807, 2.05) is 24.3 Å². The summed E-state index contributed by atoms with van der Waals surface area (Å²) in [6.45, 7) is 2.18. The van der Waals surface area contributed by atoms with Crippen LogP contribution in [0.1, 0.15) is 19.3 Å². The van der Waals surface area contributed by atoms with Gasteiger partial charge < -0.3 is 5.43 Å². The Bertz CT molecular complexity index is 506. The van der Waals surface area contributed by atoms with Gasteiger partial charge in [0.05, 0.1) is 17.2 Å². The van der Waals surface area contributed by atoms with Crippen molar-refractivity contribution in [2.75, 3.05) is 18.5 Å². The van der Waals surface area contributed by atoms with Gasteiger partial charge in [0, 0.05) is 13.1 Å². The zero-order chi connectivity index (χ0) is 11.5. The summed E-state index contributed by atoms with van der Waals surface area (Å²) in [6.07, 6.45) is 5.65. The van der Waals surface area contributed by atoms with E-state index in [4.69, 9.17) is 0 Å². The summed E-state index contributed by atoms with van der Waals surface area (Å²) in [6, 6.07) is 7.94. The molecular formula is C13H16N4. The van der Waals surface area contributed by atoms with Crippen molar-refractivity contribution < 1.29 is 0 Å². The molecule has 0 atom stereocenters. The topological polar surface area (TPSA) is 41.1 Å². The van der Waals surface area contributed by atoms with E-state index in [9.17, 15) is 0 Å². The highest BCUT2D eigenvalue weighted by molar-refractivity contribution is 5.75. The molecule has 1 saturated heterocycles. The molecule has 0 spiro atoms. The second-order valence-corrected chi connectivity index (χ2v) is 4.40. The lowest BCUT2D eigenvalue weighted by Crippen LogP contribution is -2.35. The lowest BCUT2D eigenvalue weighted by Gasteiger charge is -2.27. The summed E-state index contributed by atoms with van der Waals surface area (Å²) in [7, 11) is 0. The molecule has 0 amide bonds. The smallest absolute Gasteiger partial charge is 0.159 e. The summed E-state index contributed by atoms with van der Waals surface area (Å²) in [5.74, 6) is 0.839. The Kier molecular flexibility index (Phi) is 2.88. The third kappa shape index (κ3) is 2.36. The number of piperidine rings is 1. The van der Waals surface area contributed by atoms with Gasteiger partial charge in [-0.25, -0.2) is 9.99 Å². The number of benzene rings is 1. The van der Waals surface area contributed by atoms with Crippen LogP contribution < -0.4 is 5.43 Å². The molecule has 0 unspecified atom stereocenters. The van der Waals surface area contributed by atoms with Crippen LogP contribution in [0.5, 0.6) is 0 Å². The molecule has 1 aliphatic rings. The summed E-state index contributed by atoms with van der Waals surface area (Å²) in [5, 5.41) is 2.22. The molecule has 4 nitrogen and oxygen atoms in total. The van der Waals surface area contributed by atoms with Gasteiger partial charge in [0.25, 0.3) is 0 Å². The van der Waals surface area contributed by atoms with Crippen LogP contribution in [-0.4, -0.2) is 28.1 Å². The van der Waals surface area contributed by atoms with Gasteiger partial charge in [-0.05, 0) is 25.0 Å². The minimum atomic E-state index is 0.839. The number of hydrazine groups is 1. The predicted molar refractivity (Wildman–Crippen MR) is 68.6 cm³/mol. The first-order chi connectivity index (χ1) is 8.42. The lowest BCUT2D eigenvalue weighted by atomic mass is 10.2. The van der Waals surface area contributed by atoms with E-state index in [-0.39, 0.29) is 0 Å². The summed E-state index contributed by atoms with van der Waals surface area (Å²) in [5.41, 5.74) is 5.21. The number of nitrogens with one attached hydrogen (secondary N) is 1. The van der Waals surface area contributed by atoms with Gasteiger partial charge in [0.1, 0.15) is 0 Å². The zero-order valence-electron chi connectivity index (χ0n) is 9.76. The number of rotatable bonds is 2. The largest absolute Gasteiger partial charge is 0.302 e. The van der Waals surface area contributed by atoms with Crippen molar-refractivity contribution in [1.29, 1.82) is 0 Å². The number of fused-ring (bicyclic) bond motifs is 1. The van der Waals surface area contributed by atoms with Crippen LogP contribution in [0.4, 0.5) is 5.82 Å². The van der Waals surface area contributed by atoms with E-state index in [0.29, 0.717) is 0 Å². The maximum atomic E-state index is 4.55. The Balaban J connectivity index is 1.80. The number of para-hydroxylation sites is 2. The van der Waals surface area contributed by atoms with Gasteiger partial charge in [-0.2, -0.15) is 0 Å². The number of hydrogen-bond donors (Lipinski definition) is 1. The Morgan fingerprint density at radius 2 is 1.76 bits per heavy atom. The molecule has 1 aromatic heterocycles. The van der Waals surface area contributed by atoms with Crippen LogP contribution in [0, 0.1) is 0 Å². The lowest BCUT2D eigenvalue weighted by molar-refractivity contribution is 0.272. The number of aromatic nitrogens is 2. The molecule has 3 rings (SSSR count). The van der Waals surface area contributed by atoms with E-state index >= 15 is 0 Å². The van der Waals surface area contributed by atoms with Gasteiger partial charge in [0.15, 0.2) is 5.82 Å². The molecular weight excluding hydrogens is 212 g/mol. The maximum absolute atomic E-state index is 4.55. The van der Waals surface area contributed by atoms with Crippen LogP contribution in [0.25, 0.3) is 11.0 Å². The van der Waals surface area contributed by atoms with Gasteiger partial charge in [0.2, 0.25) is 0 Å². The van der Waals surface area contributed by atoms with Crippen LogP contribution in [0.15, 0.2) is 30.5 Å². The second kappa shape index (κ2) is 4.67. The van der Waals surface area contributed by atoms with Crippen molar-refractivity contribution >= 4 is 16.9 Å². The molecule has 1 N–H and O–H groups in total. The summed E-state index contributed by atoms with van der Waals surface area (Å²) in [4.78, 5) is 8.95. The average Bonchev–Trinajstić information content (AvgIpc) is 2.40. The molecule has 2 heterocycles. The normalized spacial score (nSPS) is 17.2. The molecule has 4 heteroatoms. The third-order valence-electron chi connectivity index (χ3n) is 3.08. The molecule has 2 aromatic rings. The van der Waals surface area contributed by atoms with Crippen molar-refractivity contribution in [2.24, 2.45) is 0 Å². The third-order valence-corrected chi connectivity index (χ3v) is 3.08. The molecule has 0 aliphatic carbocycles. The highest BCUT2D eigenvalue weighted by atomic mass is 15.5. The van der Waals surface area contributed by atoms with Crippen molar-refractivity contribution in [3.8, 4) is 0 Å². The van der Waals surface area contributed by atoms with Crippen LogP contribution in [0.2, 0.25) is 0 Å². The number of hydrogen-bond acceptors (Lipinski definition) is 4. The first-order valence-electron chi connectivity index (χ1n) is 6.15. The fourth-order valence-electron chi connectivity index (χ4n) is 2.18. The predicted octanol–water partition coefficient (Wildman–Crippen LogP) is 2.44. The maximum Gasteiger partial charge on any atom is 0.159 e. The Morgan fingerprint density at radius 1 is 1.00 bits per heavy atom. The van der Waals surface area contributed by atoms with E-state index < -0.39 is 0 Å². The number of nitrogens with zero attached hydrogens (tertiary/aromatic N) is 3. The molecule has 0 saturated carbocycles. The van der Waals surface area contributed by atoms with Gasteiger partial charge >= 0.3 is 0 Å². The Morgan fingerprint density at radius 3 is 2.59 bits per heavy atom. The molecule has 0 bridgehead atoms. The minimum Gasteiger partial charge on any atom is -0.302 e. The first-order valence-corrected chi connectivity index (χ1v) is 6.15. The van der Waals surface area contributed by atoms with Gasteiger partial charge in [-0.3, -0.25) is 4.98 Å². The second-order valence-electron chi connectivity index (χ2n) is 4.40. The standard InChI is InChI=1S/C13H16N4/c1-4-8-17(9-5-1)16-13-10-14-11-6-2-3-7-12(11)15-13/h2-3,6-7,10H,1,4-5,8-9H2,(H,15,16). The monoisotopic (exact) mass is 228 g/mol. The van der Waals surface area contributed by atoms with Crippen molar-refractivity contribution in [2.45, 2.75) is 19.3 Å². The Hall–Kier alpha value is -1.68. The van der Waals surface area contributed by atoms with Crippen LogP contribution >= 0.6 is 0 Å². The van der Waals surface area contributed by atoms with Crippen LogP contribution in [0.3, 0.4) is 0 Å². The SMILES string of the molecule is c1ccc2nc(NN3CCCCC3)cnc2c1. The first kappa shape index (κ1) is 10.5. The van der Waals surface area contributed by atoms with E-state index in [2.05, 4.69) is 20.4 Å². The fraction of sp³-hybridized carbons (Fsp3) is 0.385. The quantitative estimate of drug-likeness (QED) is 0.857. The molecule has 1 aromatic carbocycles. The highest BCUT2D eigenvalue weighted by Crippen LogP contribution is 2.14. The van der Waals surface area contributed by atoms with Crippen molar-refractivity contribution in [3.63, 3.8) is 0 Å². The summed E-state index contributed by atoms with van der Waals surface area (Å²) < 4.78 is 0. The molecule has 0 radical (unpaired) electrons. The minimum absolute atomic E-state index is 0.839. The highest BCUT2D eigenvalue weighted by Gasteiger charge is 2.10. The average molecular weight is 228 g/mol.